The lowest BCUT2D eigenvalue weighted by atomic mass is 10.00. The zero-order valence-corrected chi connectivity index (χ0v) is 20.4. The summed E-state index contributed by atoms with van der Waals surface area (Å²) in [6.45, 7) is 11.9. The Bertz CT molecular complexity index is 304. The van der Waals surface area contributed by atoms with Gasteiger partial charge in [-0.25, -0.2) is 0 Å². The smallest absolute Gasteiger partial charge is 0.183 e. The minimum absolute atomic E-state index is 0.247. The van der Waals surface area contributed by atoms with Gasteiger partial charge in [0.1, 0.15) is 5.40 Å². The SMILES string of the molecule is CCCCCCCCOP(OCCCCCCCC)C(P(O)O)C(C)(C)C. The molecule has 0 aliphatic rings. The maximum atomic E-state index is 9.99. The second kappa shape index (κ2) is 17.5. The largest absolute Gasteiger partial charge is 0.349 e. The van der Waals surface area contributed by atoms with Crippen molar-refractivity contribution in [3.8, 4) is 0 Å². The molecule has 0 heterocycles. The topological polar surface area (TPSA) is 58.9 Å². The van der Waals surface area contributed by atoms with E-state index >= 15 is 0 Å². The Labute approximate surface area is 171 Å². The van der Waals surface area contributed by atoms with E-state index in [1.807, 2.05) is 20.8 Å². The number of rotatable bonds is 18. The van der Waals surface area contributed by atoms with Gasteiger partial charge in [-0.2, -0.15) is 0 Å². The summed E-state index contributed by atoms with van der Waals surface area (Å²) in [5, 5.41) is -0.331. The van der Waals surface area contributed by atoms with Crippen LogP contribution in [0.3, 0.4) is 0 Å². The standard InChI is InChI=1S/C21H46O4P2/c1-6-8-10-12-14-16-18-24-27(20(26(22)23)21(3,4)5)25-19-17-15-13-11-9-7-2/h20,22-23H,6-19H2,1-5H3. The van der Waals surface area contributed by atoms with Gasteiger partial charge in [-0.1, -0.05) is 98.8 Å². The molecule has 0 radical (unpaired) electrons. The Hall–Kier alpha value is 0.700. The second-order valence-electron chi connectivity index (χ2n) is 8.55. The minimum atomic E-state index is -2.08. The van der Waals surface area contributed by atoms with Crippen molar-refractivity contribution in [2.45, 2.75) is 117 Å². The minimum Gasteiger partial charge on any atom is -0.349 e. The number of hydrogen-bond acceptors (Lipinski definition) is 4. The van der Waals surface area contributed by atoms with Gasteiger partial charge in [-0.3, -0.25) is 0 Å². The van der Waals surface area contributed by atoms with E-state index in [9.17, 15) is 9.79 Å². The Morgan fingerprint density at radius 2 is 1.04 bits per heavy atom. The van der Waals surface area contributed by atoms with Crippen LogP contribution in [0, 0.1) is 5.41 Å². The molecule has 1 unspecified atom stereocenters. The summed E-state index contributed by atoms with van der Waals surface area (Å²) in [7, 11) is -3.36. The number of hydrogen-bond donors (Lipinski definition) is 2. The Morgan fingerprint density at radius 3 is 1.37 bits per heavy atom. The highest BCUT2D eigenvalue weighted by Gasteiger charge is 2.40. The molecule has 0 aliphatic heterocycles. The van der Waals surface area contributed by atoms with E-state index in [-0.39, 0.29) is 10.8 Å². The lowest BCUT2D eigenvalue weighted by Gasteiger charge is -2.36. The first-order chi connectivity index (χ1) is 12.8. The first-order valence-corrected chi connectivity index (χ1v) is 13.6. The zero-order chi connectivity index (χ0) is 20.5. The van der Waals surface area contributed by atoms with Gasteiger partial charge in [0.2, 0.25) is 0 Å². The molecule has 4 nitrogen and oxygen atoms in total. The highest BCUT2D eigenvalue weighted by molar-refractivity contribution is 7.65. The first-order valence-electron chi connectivity index (χ1n) is 11.1. The molecule has 27 heavy (non-hydrogen) atoms. The fraction of sp³-hybridized carbons (Fsp3) is 1.00. The predicted octanol–water partition coefficient (Wildman–Crippen LogP) is 7.72. The average molecular weight is 425 g/mol. The molecule has 0 aromatic rings. The Balaban J connectivity index is 4.36. The van der Waals surface area contributed by atoms with Gasteiger partial charge in [0.25, 0.3) is 0 Å². The average Bonchev–Trinajstić information content (AvgIpc) is 2.58. The van der Waals surface area contributed by atoms with Crippen molar-refractivity contribution in [3.63, 3.8) is 0 Å². The zero-order valence-electron chi connectivity index (χ0n) is 18.6. The van der Waals surface area contributed by atoms with Crippen molar-refractivity contribution < 1.29 is 18.8 Å². The molecule has 0 spiro atoms. The molecule has 0 saturated carbocycles. The summed E-state index contributed by atoms with van der Waals surface area (Å²) in [5.41, 5.74) is -0.247. The van der Waals surface area contributed by atoms with E-state index in [0.29, 0.717) is 13.2 Å². The first kappa shape index (κ1) is 27.7. The van der Waals surface area contributed by atoms with E-state index in [2.05, 4.69) is 13.8 Å². The lowest BCUT2D eigenvalue weighted by Crippen LogP contribution is -2.25. The molecule has 0 fully saturated rings. The maximum absolute atomic E-state index is 9.99. The molecule has 1 atom stereocenters. The van der Waals surface area contributed by atoms with Crippen molar-refractivity contribution in [2.75, 3.05) is 13.2 Å². The highest BCUT2D eigenvalue weighted by Crippen LogP contribution is 2.62. The van der Waals surface area contributed by atoms with Crippen LogP contribution in [0.5, 0.6) is 0 Å². The van der Waals surface area contributed by atoms with Gasteiger partial charge in [0.15, 0.2) is 16.8 Å². The molecule has 0 aliphatic carbocycles. The molecular formula is C21H46O4P2. The third kappa shape index (κ3) is 15.2. The Kier molecular flexibility index (Phi) is 18.0. The summed E-state index contributed by atoms with van der Waals surface area (Å²) in [6, 6.07) is 0. The summed E-state index contributed by atoms with van der Waals surface area (Å²) >= 11 is 0. The predicted molar refractivity (Wildman–Crippen MR) is 120 cm³/mol. The quantitative estimate of drug-likeness (QED) is 0.175. The van der Waals surface area contributed by atoms with Gasteiger partial charge in [-0.05, 0) is 18.3 Å². The van der Waals surface area contributed by atoms with Crippen LogP contribution in [-0.2, 0) is 9.05 Å². The van der Waals surface area contributed by atoms with Gasteiger partial charge in [0.05, 0.1) is 13.2 Å². The van der Waals surface area contributed by atoms with Crippen LogP contribution in [-0.4, -0.2) is 28.4 Å². The summed E-state index contributed by atoms with van der Waals surface area (Å²) < 4.78 is 12.2. The van der Waals surface area contributed by atoms with Crippen LogP contribution in [0.25, 0.3) is 0 Å². The molecule has 0 saturated heterocycles. The van der Waals surface area contributed by atoms with Crippen LogP contribution in [0.1, 0.15) is 112 Å². The monoisotopic (exact) mass is 424 g/mol. The lowest BCUT2D eigenvalue weighted by molar-refractivity contribution is 0.224. The van der Waals surface area contributed by atoms with Crippen LogP contribution in [0.15, 0.2) is 0 Å². The molecule has 6 heteroatoms. The second-order valence-corrected chi connectivity index (χ2v) is 11.7. The summed E-state index contributed by atoms with van der Waals surface area (Å²) in [6.07, 6.45) is 14.6. The van der Waals surface area contributed by atoms with Crippen molar-refractivity contribution in [2.24, 2.45) is 5.41 Å². The molecule has 2 N–H and O–H groups in total. The van der Waals surface area contributed by atoms with Crippen molar-refractivity contribution in [3.05, 3.63) is 0 Å². The van der Waals surface area contributed by atoms with E-state index in [1.54, 1.807) is 0 Å². The van der Waals surface area contributed by atoms with Crippen LogP contribution < -0.4 is 0 Å². The normalized spacial score (nSPS) is 13.7. The van der Waals surface area contributed by atoms with Gasteiger partial charge < -0.3 is 18.8 Å². The molecule has 0 rings (SSSR count). The van der Waals surface area contributed by atoms with Crippen molar-refractivity contribution in [1.29, 1.82) is 0 Å². The Morgan fingerprint density at radius 1 is 0.667 bits per heavy atom. The molecule has 0 bridgehead atoms. The van der Waals surface area contributed by atoms with E-state index in [1.165, 1.54) is 64.2 Å². The fourth-order valence-corrected chi connectivity index (χ4v) is 6.37. The van der Waals surface area contributed by atoms with Crippen LogP contribution in [0.2, 0.25) is 0 Å². The van der Waals surface area contributed by atoms with E-state index in [4.69, 9.17) is 9.05 Å². The molecule has 0 aromatic carbocycles. The third-order valence-corrected chi connectivity index (χ3v) is 9.07. The molecule has 0 aromatic heterocycles. The van der Waals surface area contributed by atoms with Gasteiger partial charge >= 0.3 is 0 Å². The molecule has 0 amide bonds. The van der Waals surface area contributed by atoms with Crippen LogP contribution >= 0.6 is 16.8 Å². The molecular weight excluding hydrogens is 378 g/mol. The van der Waals surface area contributed by atoms with Crippen molar-refractivity contribution >= 4 is 16.8 Å². The highest BCUT2D eigenvalue weighted by atomic mass is 31.2. The number of unbranched alkanes of at least 4 members (excludes halogenated alkanes) is 10. The van der Waals surface area contributed by atoms with E-state index in [0.717, 1.165) is 12.8 Å². The van der Waals surface area contributed by atoms with Crippen LogP contribution in [0.4, 0.5) is 0 Å². The molecule has 164 valence electrons. The van der Waals surface area contributed by atoms with Gasteiger partial charge in [-0.15, -0.1) is 0 Å². The van der Waals surface area contributed by atoms with E-state index < -0.39 is 16.8 Å². The van der Waals surface area contributed by atoms with Gasteiger partial charge in [0, 0.05) is 0 Å². The maximum Gasteiger partial charge on any atom is 0.183 e. The van der Waals surface area contributed by atoms with Crippen molar-refractivity contribution in [1.82, 2.24) is 0 Å². The fourth-order valence-electron chi connectivity index (χ4n) is 3.00. The summed E-state index contributed by atoms with van der Waals surface area (Å²) in [5.74, 6) is 0. The summed E-state index contributed by atoms with van der Waals surface area (Å²) in [4.78, 5) is 20.0. The third-order valence-electron chi connectivity index (χ3n) is 4.63.